The molecule has 0 amide bonds. The Kier molecular flexibility index (Phi) is 6.94. The van der Waals surface area contributed by atoms with Gasteiger partial charge in [0, 0.05) is 12.2 Å². The van der Waals surface area contributed by atoms with Gasteiger partial charge in [-0.05, 0) is 74.4 Å². The zero-order valence-corrected chi connectivity index (χ0v) is 15.7. The molecule has 0 N–H and O–H groups in total. The van der Waals surface area contributed by atoms with Gasteiger partial charge >= 0.3 is 0 Å². The summed E-state index contributed by atoms with van der Waals surface area (Å²) in [7, 11) is 0. The number of allylic oxidation sites excluding steroid dienone is 1. The maximum absolute atomic E-state index is 5.70. The number of fused-ring (bicyclic) bond motifs is 1. The fraction of sp³-hybridized carbons (Fsp3) is 0.810. The molecule has 1 saturated carbocycles. The minimum absolute atomic E-state index is 0.429. The second kappa shape index (κ2) is 8.49. The molecule has 22 heavy (non-hydrogen) atoms. The highest BCUT2D eigenvalue weighted by atomic mass is 32.2. The first-order valence-electron chi connectivity index (χ1n) is 9.32. The van der Waals surface area contributed by atoms with Crippen LogP contribution >= 0.6 is 11.8 Å². The molecule has 1 fully saturated rings. The predicted octanol–water partition coefficient (Wildman–Crippen LogP) is 6.47. The smallest absolute Gasteiger partial charge is 0.0146 e. The largest absolute Gasteiger partial charge is 0.158 e. The maximum atomic E-state index is 5.70. The number of thioether (sulfide) groups is 1. The van der Waals surface area contributed by atoms with Gasteiger partial charge in [-0.1, -0.05) is 31.9 Å². The SMILES string of the molecule is C#CC[C@@]1(CC)CCCSC/C(CC(C)C)=C2\CC[C@H]2CC1. The van der Waals surface area contributed by atoms with Crippen LogP contribution < -0.4 is 0 Å². The van der Waals surface area contributed by atoms with E-state index in [1.807, 2.05) is 5.57 Å². The van der Waals surface area contributed by atoms with Gasteiger partial charge in [0.05, 0.1) is 0 Å². The van der Waals surface area contributed by atoms with Gasteiger partial charge in [0.1, 0.15) is 0 Å². The number of hydrogen-bond acceptors (Lipinski definition) is 1. The molecule has 1 heterocycles. The molecule has 124 valence electrons. The van der Waals surface area contributed by atoms with Crippen molar-refractivity contribution in [1.82, 2.24) is 0 Å². The first-order chi connectivity index (χ1) is 10.6. The van der Waals surface area contributed by atoms with Crippen molar-refractivity contribution in [3.63, 3.8) is 0 Å². The van der Waals surface area contributed by atoms with Crippen LogP contribution in [0.4, 0.5) is 0 Å². The van der Waals surface area contributed by atoms with E-state index in [4.69, 9.17) is 6.42 Å². The Balaban J connectivity index is 2.12. The Morgan fingerprint density at radius 2 is 2.14 bits per heavy atom. The van der Waals surface area contributed by atoms with Gasteiger partial charge < -0.3 is 0 Å². The highest BCUT2D eigenvalue weighted by Gasteiger charge is 2.33. The summed E-state index contributed by atoms with van der Waals surface area (Å²) >= 11 is 2.17. The van der Waals surface area contributed by atoms with Crippen LogP contribution in [0.5, 0.6) is 0 Å². The van der Waals surface area contributed by atoms with Crippen molar-refractivity contribution >= 4 is 11.8 Å². The van der Waals surface area contributed by atoms with E-state index < -0.39 is 0 Å². The summed E-state index contributed by atoms with van der Waals surface area (Å²) < 4.78 is 0. The highest BCUT2D eigenvalue weighted by molar-refractivity contribution is 7.99. The van der Waals surface area contributed by atoms with Crippen LogP contribution in [-0.4, -0.2) is 11.5 Å². The summed E-state index contributed by atoms with van der Waals surface area (Å²) in [5, 5.41) is 0. The van der Waals surface area contributed by atoms with E-state index in [1.54, 1.807) is 5.57 Å². The predicted molar refractivity (Wildman–Crippen MR) is 101 cm³/mol. The molecule has 0 aromatic heterocycles. The van der Waals surface area contributed by atoms with Crippen LogP contribution in [0.3, 0.4) is 0 Å². The Bertz CT molecular complexity index is 426. The van der Waals surface area contributed by atoms with Crippen molar-refractivity contribution in [2.45, 2.75) is 78.6 Å². The average Bonchev–Trinajstić information content (AvgIpc) is 2.46. The molecule has 2 atom stereocenters. The fourth-order valence-corrected chi connectivity index (χ4v) is 5.32. The third-order valence-corrected chi connectivity index (χ3v) is 7.02. The molecule has 0 unspecified atom stereocenters. The quantitative estimate of drug-likeness (QED) is 0.423. The molecule has 0 aromatic carbocycles. The van der Waals surface area contributed by atoms with Gasteiger partial charge in [0.25, 0.3) is 0 Å². The highest BCUT2D eigenvalue weighted by Crippen LogP contribution is 2.46. The van der Waals surface area contributed by atoms with Gasteiger partial charge in [-0.2, -0.15) is 11.8 Å². The van der Waals surface area contributed by atoms with Crippen LogP contribution in [0, 0.1) is 29.6 Å². The van der Waals surface area contributed by atoms with E-state index >= 15 is 0 Å². The fourth-order valence-electron chi connectivity index (χ4n) is 4.27. The summed E-state index contributed by atoms with van der Waals surface area (Å²) in [6.45, 7) is 7.09. The van der Waals surface area contributed by atoms with Crippen LogP contribution in [-0.2, 0) is 0 Å². The summed E-state index contributed by atoms with van der Waals surface area (Å²) in [5.74, 6) is 7.27. The molecular formula is C21H34S. The molecular weight excluding hydrogens is 284 g/mol. The Morgan fingerprint density at radius 1 is 1.32 bits per heavy atom. The minimum Gasteiger partial charge on any atom is -0.158 e. The van der Waals surface area contributed by atoms with Crippen molar-refractivity contribution < 1.29 is 0 Å². The third kappa shape index (κ3) is 4.58. The molecule has 0 spiro atoms. The Hall–Kier alpha value is -0.350. The summed E-state index contributed by atoms with van der Waals surface area (Å²) in [6, 6.07) is 0. The first-order valence-corrected chi connectivity index (χ1v) is 10.5. The van der Waals surface area contributed by atoms with E-state index in [0.717, 1.165) is 18.3 Å². The molecule has 0 aromatic rings. The zero-order valence-electron chi connectivity index (χ0n) is 14.9. The number of rotatable bonds is 4. The number of terminal acetylenes is 1. The van der Waals surface area contributed by atoms with Gasteiger partial charge in [0.15, 0.2) is 0 Å². The molecule has 0 saturated heterocycles. The molecule has 1 aliphatic heterocycles. The van der Waals surface area contributed by atoms with E-state index in [0.29, 0.717) is 5.41 Å². The lowest BCUT2D eigenvalue weighted by molar-refractivity contribution is 0.205. The topological polar surface area (TPSA) is 0 Å². The molecule has 0 nitrogen and oxygen atoms in total. The second-order valence-corrected chi connectivity index (χ2v) is 9.00. The number of hydrogen-bond donors (Lipinski definition) is 0. The molecule has 0 bridgehead atoms. The molecule has 0 radical (unpaired) electrons. The maximum Gasteiger partial charge on any atom is 0.0146 e. The lowest BCUT2D eigenvalue weighted by Gasteiger charge is -2.37. The van der Waals surface area contributed by atoms with Crippen molar-refractivity contribution in [3.8, 4) is 12.3 Å². The monoisotopic (exact) mass is 318 g/mol. The van der Waals surface area contributed by atoms with E-state index in [9.17, 15) is 0 Å². The molecule has 1 heteroatoms. The summed E-state index contributed by atoms with van der Waals surface area (Å²) in [5.41, 5.74) is 4.07. The van der Waals surface area contributed by atoms with Gasteiger partial charge in [-0.15, -0.1) is 12.3 Å². The summed E-state index contributed by atoms with van der Waals surface area (Å²) in [4.78, 5) is 0. The molecule has 1 aliphatic carbocycles. The minimum atomic E-state index is 0.429. The molecule has 2 rings (SSSR count). The van der Waals surface area contributed by atoms with Gasteiger partial charge in [-0.3, -0.25) is 0 Å². The van der Waals surface area contributed by atoms with Crippen molar-refractivity contribution in [1.29, 1.82) is 0 Å². The first kappa shape index (κ1) is 18.0. The van der Waals surface area contributed by atoms with E-state index in [1.165, 1.54) is 62.9 Å². The Morgan fingerprint density at radius 3 is 2.73 bits per heavy atom. The lowest BCUT2D eigenvalue weighted by atomic mass is 9.68. The third-order valence-electron chi connectivity index (χ3n) is 5.89. The average molecular weight is 319 g/mol. The van der Waals surface area contributed by atoms with E-state index in [2.05, 4.69) is 38.5 Å². The van der Waals surface area contributed by atoms with Crippen molar-refractivity contribution in [3.05, 3.63) is 11.1 Å². The van der Waals surface area contributed by atoms with Crippen molar-refractivity contribution in [2.24, 2.45) is 17.3 Å². The van der Waals surface area contributed by atoms with Crippen LogP contribution in [0.2, 0.25) is 0 Å². The van der Waals surface area contributed by atoms with Crippen LogP contribution in [0.1, 0.15) is 78.6 Å². The van der Waals surface area contributed by atoms with Crippen LogP contribution in [0.15, 0.2) is 11.1 Å². The lowest BCUT2D eigenvalue weighted by Crippen LogP contribution is -2.24. The standard InChI is InChI=1S/C21H34S/c1-5-11-21(6-2)12-7-14-22-16-19(15-17(3)4)20-9-8-18(20)10-13-21/h1,17-18H,6-16H2,2-4H3/b20-19+/t18-,21-/m0/s1. The van der Waals surface area contributed by atoms with Crippen molar-refractivity contribution in [2.75, 3.05) is 11.5 Å². The molecule has 2 aliphatic rings. The van der Waals surface area contributed by atoms with Crippen LogP contribution in [0.25, 0.3) is 0 Å². The van der Waals surface area contributed by atoms with E-state index in [-0.39, 0.29) is 0 Å². The van der Waals surface area contributed by atoms with Gasteiger partial charge in [-0.25, -0.2) is 0 Å². The normalized spacial score (nSPS) is 33.5. The second-order valence-electron chi connectivity index (χ2n) is 7.89. The Labute approximate surface area is 142 Å². The summed E-state index contributed by atoms with van der Waals surface area (Å²) in [6.07, 6.45) is 17.5. The zero-order chi connectivity index (χ0) is 16.0. The van der Waals surface area contributed by atoms with Gasteiger partial charge in [0.2, 0.25) is 0 Å².